The van der Waals surface area contributed by atoms with Crippen LogP contribution in [0, 0.1) is 13.8 Å². The summed E-state index contributed by atoms with van der Waals surface area (Å²) >= 11 is 1.92. The van der Waals surface area contributed by atoms with E-state index in [0.717, 1.165) is 13.0 Å². The highest BCUT2D eigenvalue weighted by Gasteiger charge is 2.12. The van der Waals surface area contributed by atoms with Crippen molar-refractivity contribution < 1.29 is 0 Å². The summed E-state index contributed by atoms with van der Waals surface area (Å²) in [7, 11) is 0. The summed E-state index contributed by atoms with van der Waals surface area (Å²) in [5.74, 6) is 0. The molecule has 2 heteroatoms. The van der Waals surface area contributed by atoms with E-state index in [1.165, 1.54) is 26.4 Å². The third-order valence-corrected chi connectivity index (χ3v) is 4.93. The molecule has 0 saturated carbocycles. The first-order chi connectivity index (χ1) is 9.17. The highest BCUT2D eigenvalue weighted by Crippen LogP contribution is 2.34. The largest absolute Gasteiger partial charge is 0.310 e. The molecule has 0 fully saturated rings. The van der Waals surface area contributed by atoms with E-state index in [1.54, 1.807) is 0 Å². The van der Waals surface area contributed by atoms with Gasteiger partial charge in [0.1, 0.15) is 0 Å². The van der Waals surface area contributed by atoms with E-state index >= 15 is 0 Å². The fourth-order valence-electron chi connectivity index (χ4n) is 2.40. The van der Waals surface area contributed by atoms with Gasteiger partial charge in [0.05, 0.1) is 0 Å². The van der Waals surface area contributed by atoms with Crippen molar-refractivity contribution in [1.82, 2.24) is 5.32 Å². The lowest BCUT2D eigenvalue weighted by atomic mass is 10.0. The molecule has 1 unspecified atom stereocenters. The van der Waals surface area contributed by atoms with Crippen LogP contribution in [-0.4, -0.2) is 6.54 Å². The molecule has 1 aromatic heterocycles. The Bertz CT molecular complexity index is 542. The number of rotatable bonds is 5. The molecule has 1 heterocycles. The lowest BCUT2D eigenvalue weighted by Gasteiger charge is -2.13. The van der Waals surface area contributed by atoms with Crippen LogP contribution in [0.4, 0.5) is 0 Å². The average Bonchev–Trinajstić information content (AvgIpc) is 2.88. The normalized spacial score (nSPS) is 12.6. The predicted molar refractivity (Wildman–Crippen MR) is 85.9 cm³/mol. The second-order valence-electron chi connectivity index (χ2n) is 4.97. The van der Waals surface area contributed by atoms with E-state index in [9.17, 15) is 0 Å². The fraction of sp³-hybridized carbons (Fsp3) is 0.412. The average molecular weight is 273 g/mol. The Balaban J connectivity index is 2.32. The number of thiophene rings is 1. The Hall–Kier alpha value is -1.12. The summed E-state index contributed by atoms with van der Waals surface area (Å²) in [6.45, 7) is 9.83. The molecular formula is C17H23NS. The Labute approximate surface area is 120 Å². The molecule has 1 aromatic carbocycles. The van der Waals surface area contributed by atoms with E-state index in [0.29, 0.717) is 6.04 Å². The zero-order valence-corrected chi connectivity index (χ0v) is 13.1. The smallest absolute Gasteiger partial charge is 0.0412 e. The molecule has 1 nitrogen and oxygen atoms in total. The van der Waals surface area contributed by atoms with Gasteiger partial charge in [0.2, 0.25) is 0 Å². The summed E-state index contributed by atoms with van der Waals surface area (Å²) in [4.78, 5) is 2.83. The summed E-state index contributed by atoms with van der Waals surface area (Å²) in [6, 6.07) is 11.6. The van der Waals surface area contributed by atoms with Crippen LogP contribution in [0.25, 0.3) is 10.4 Å². The minimum Gasteiger partial charge on any atom is -0.310 e. The maximum absolute atomic E-state index is 3.55. The molecule has 0 radical (unpaired) electrons. The number of hydrogen-bond donors (Lipinski definition) is 1. The van der Waals surface area contributed by atoms with Gasteiger partial charge in [-0.3, -0.25) is 0 Å². The molecule has 102 valence electrons. The third kappa shape index (κ3) is 3.07. The molecule has 2 rings (SSSR count). The Morgan fingerprint density at radius 1 is 1.11 bits per heavy atom. The van der Waals surface area contributed by atoms with Gasteiger partial charge < -0.3 is 5.32 Å². The van der Waals surface area contributed by atoms with E-state index in [2.05, 4.69) is 63.3 Å². The highest BCUT2D eigenvalue weighted by atomic mass is 32.1. The first-order valence-electron chi connectivity index (χ1n) is 7.07. The van der Waals surface area contributed by atoms with Crippen molar-refractivity contribution in [3.63, 3.8) is 0 Å². The number of nitrogens with one attached hydrogen (secondary N) is 1. The number of hydrogen-bond acceptors (Lipinski definition) is 2. The van der Waals surface area contributed by atoms with E-state index < -0.39 is 0 Å². The van der Waals surface area contributed by atoms with Crippen molar-refractivity contribution >= 4 is 11.3 Å². The van der Waals surface area contributed by atoms with E-state index in [4.69, 9.17) is 0 Å². The van der Waals surface area contributed by atoms with E-state index in [-0.39, 0.29) is 0 Å². The molecule has 0 aliphatic carbocycles. The molecule has 0 bridgehead atoms. The van der Waals surface area contributed by atoms with Crippen LogP contribution in [0.15, 0.2) is 30.3 Å². The van der Waals surface area contributed by atoms with Crippen LogP contribution in [0.1, 0.15) is 42.3 Å². The van der Waals surface area contributed by atoms with Gasteiger partial charge in [0.25, 0.3) is 0 Å². The molecule has 19 heavy (non-hydrogen) atoms. The van der Waals surface area contributed by atoms with Crippen LogP contribution in [0.3, 0.4) is 0 Å². The van der Waals surface area contributed by atoms with Gasteiger partial charge in [-0.1, -0.05) is 32.0 Å². The molecule has 0 spiro atoms. The molecule has 1 atom stereocenters. The van der Waals surface area contributed by atoms with E-state index in [1.807, 2.05) is 11.3 Å². The molecular weight excluding hydrogens is 250 g/mol. The minimum atomic E-state index is 0.494. The summed E-state index contributed by atoms with van der Waals surface area (Å²) < 4.78 is 0. The van der Waals surface area contributed by atoms with Crippen molar-refractivity contribution in [3.8, 4) is 10.4 Å². The maximum atomic E-state index is 3.55. The third-order valence-electron chi connectivity index (χ3n) is 3.70. The predicted octanol–water partition coefficient (Wildman–Crippen LogP) is 5.09. The monoisotopic (exact) mass is 273 g/mol. The lowest BCUT2D eigenvalue weighted by molar-refractivity contribution is 0.545. The number of aryl methyl sites for hydroxylation is 1. The van der Waals surface area contributed by atoms with Crippen molar-refractivity contribution in [2.24, 2.45) is 0 Å². The zero-order chi connectivity index (χ0) is 13.8. The summed E-state index contributed by atoms with van der Waals surface area (Å²) in [5, 5.41) is 3.55. The van der Waals surface area contributed by atoms with Gasteiger partial charge in [-0.05, 0) is 55.6 Å². The molecule has 2 aromatic rings. The van der Waals surface area contributed by atoms with Crippen molar-refractivity contribution in [3.05, 3.63) is 46.3 Å². The van der Waals surface area contributed by atoms with Crippen LogP contribution in [0.5, 0.6) is 0 Å². The van der Waals surface area contributed by atoms with Crippen LogP contribution < -0.4 is 5.32 Å². The second-order valence-corrected chi connectivity index (χ2v) is 6.08. The van der Waals surface area contributed by atoms with Crippen molar-refractivity contribution in [1.29, 1.82) is 0 Å². The van der Waals surface area contributed by atoms with Gasteiger partial charge in [0.15, 0.2) is 0 Å². The number of benzene rings is 1. The molecule has 0 aliphatic heterocycles. The molecule has 0 saturated heterocycles. The minimum absolute atomic E-state index is 0.494. The Kier molecular flexibility index (Phi) is 4.78. The Morgan fingerprint density at radius 2 is 1.89 bits per heavy atom. The van der Waals surface area contributed by atoms with Crippen molar-refractivity contribution in [2.75, 3.05) is 6.54 Å². The molecule has 0 aliphatic rings. The molecule has 1 N–H and O–H groups in total. The lowest BCUT2D eigenvalue weighted by Crippen LogP contribution is -2.18. The highest BCUT2D eigenvalue weighted by molar-refractivity contribution is 7.15. The van der Waals surface area contributed by atoms with Crippen LogP contribution >= 0.6 is 11.3 Å². The molecule has 0 amide bonds. The maximum Gasteiger partial charge on any atom is 0.0412 e. The SMILES string of the molecule is CCNC(CC)c1ccc(-c2cccc(C)c2C)s1. The Morgan fingerprint density at radius 3 is 2.58 bits per heavy atom. The fourth-order valence-corrected chi connectivity index (χ4v) is 3.64. The first-order valence-corrected chi connectivity index (χ1v) is 7.88. The summed E-state index contributed by atoms with van der Waals surface area (Å²) in [5.41, 5.74) is 4.14. The first kappa shape index (κ1) is 14.3. The second kappa shape index (κ2) is 6.36. The van der Waals surface area contributed by atoms with Gasteiger partial charge in [-0.2, -0.15) is 0 Å². The zero-order valence-electron chi connectivity index (χ0n) is 12.3. The van der Waals surface area contributed by atoms with Gasteiger partial charge in [-0.15, -0.1) is 11.3 Å². The van der Waals surface area contributed by atoms with Gasteiger partial charge >= 0.3 is 0 Å². The summed E-state index contributed by atoms with van der Waals surface area (Å²) in [6.07, 6.45) is 1.14. The van der Waals surface area contributed by atoms with Crippen LogP contribution in [-0.2, 0) is 0 Å². The van der Waals surface area contributed by atoms with Crippen LogP contribution in [0.2, 0.25) is 0 Å². The standard InChI is InChI=1S/C17H23NS/c1-5-15(18-6-2)17-11-10-16(19-17)14-9-7-8-12(3)13(14)4/h7-11,15,18H,5-6H2,1-4H3. The topological polar surface area (TPSA) is 12.0 Å². The van der Waals surface area contributed by atoms with Gasteiger partial charge in [-0.25, -0.2) is 0 Å². The van der Waals surface area contributed by atoms with Crippen molar-refractivity contribution in [2.45, 2.75) is 40.2 Å². The quantitative estimate of drug-likeness (QED) is 0.800. The van der Waals surface area contributed by atoms with Gasteiger partial charge in [0, 0.05) is 15.8 Å².